The van der Waals surface area contributed by atoms with Crippen LogP contribution < -0.4 is 4.74 Å². The van der Waals surface area contributed by atoms with Crippen molar-refractivity contribution < 1.29 is 9.84 Å². The number of β-amino-alcohol motifs (C(OH)–C–C–N with tert-alkyl or cyclic N) is 1. The molecule has 1 unspecified atom stereocenters. The van der Waals surface area contributed by atoms with Crippen LogP contribution in [0.5, 0.6) is 5.75 Å². The van der Waals surface area contributed by atoms with Crippen molar-refractivity contribution in [1.82, 2.24) is 4.90 Å². The van der Waals surface area contributed by atoms with Crippen molar-refractivity contribution in [1.29, 1.82) is 0 Å². The van der Waals surface area contributed by atoms with Crippen LogP contribution >= 0.6 is 0 Å². The molecule has 1 heterocycles. The molecule has 3 heteroatoms. The molecular weight excluding hydrogens is 238 g/mol. The van der Waals surface area contributed by atoms with Gasteiger partial charge in [-0.15, -0.1) is 0 Å². The molecule has 1 aliphatic heterocycles. The van der Waals surface area contributed by atoms with Gasteiger partial charge in [0.05, 0.1) is 12.2 Å². The summed E-state index contributed by atoms with van der Waals surface area (Å²) >= 11 is 0. The SMILES string of the molecule is CC(C)Oc1ccc(C(O)CN2CCCCC2)cc1. The molecule has 1 aromatic carbocycles. The number of piperidine rings is 1. The van der Waals surface area contributed by atoms with E-state index in [-0.39, 0.29) is 6.10 Å². The number of benzene rings is 1. The molecule has 0 amide bonds. The van der Waals surface area contributed by atoms with E-state index in [4.69, 9.17) is 4.74 Å². The van der Waals surface area contributed by atoms with Crippen molar-refractivity contribution in [3.63, 3.8) is 0 Å². The van der Waals surface area contributed by atoms with E-state index >= 15 is 0 Å². The molecule has 0 spiro atoms. The Morgan fingerprint density at radius 3 is 2.32 bits per heavy atom. The predicted molar refractivity (Wildman–Crippen MR) is 77.5 cm³/mol. The molecule has 1 saturated heterocycles. The Kier molecular flexibility index (Phi) is 5.23. The molecule has 1 fully saturated rings. The molecule has 1 N–H and O–H groups in total. The molecule has 1 aliphatic rings. The van der Waals surface area contributed by atoms with Crippen molar-refractivity contribution in [2.75, 3.05) is 19.6 Å². The summed E-state index contributed by atoms with van der Waals surface area (Å²) in [6.07, 6.45) is 3.63. The number of likely N-dealkylation sites (tertiary alicyclic amines) is 1. The number of nitrogens with zero attached hydrogens (tertiary/aromatic N) is 1. The van der Waals surface area contributed by atoms with Crippen LogP contribution in [0, 0.1) is 0 Å². The van der Waals surface area contributed by atoms with Gasteiger partial charge in [0.2, 0.25) is 0 Å². The Labute approximate surface area is 116 Å². The fraction of sp³-hybridized carbons (Fsp3) is 0.625. The third-order valence-electron chi connectivity index (χ3n) is 3.52. The quantitative estimate of drug-likeness (QED) is 0.886. The van der Waals surface area contributed by atoms with Gasteiger partial charge in [0.1, 0.15) is 5.75 Å². The molecule has 0 aromatic heterocycles. The van der Waals surface area contributed by atoms with E-state index in [0.717, 1.165) is 30.9 Å². The monoisotopic (exact) mass is 263 g/mol. The summed E-state index contributed by atoms with van der Waals surface area (Å²) in [6.45, 7) is 7.00. The lowest BCUT2D eigenvalue weighted by molar-refractivity contribution is 0.101. The molecule has 106 valence electrons. The Morgan fingerprint density at radius 2 is 1.74 bits per heavy atom. The highest BCUT2D eigenvalue weighted by Gasteiger charge is 2.15. The molecule has 0 bridgehead atoms. The van der Waals surface area contributed by atoms with E-state index in [1.54, 1.807) is 0 Å². The molecule has 19 heavy (non-hydrogen) atoms. The summed E-state index contributed by atoms with van der Waals surface area (Å²) < 4.78 is 5.61. The van der Waals surface area contributed by atoms with E-state index < -0.39 is 6.10 Å². The lowest BCUT2D eigenvalue weighted by Gasteiger charge is -2.28. The van der Waals surface area contributed by atoms with Crippen molar-refractivity contribution in [3.8, 4) is 5.75 Å². The third kappa shape index (κ3) is 4.51. The van der Waals surface area contributed by atoms with Gasteiger partial charge in [0.25, 0.3) is 0 Å². The maximum atomic E-state index is 10.3. The second-order valence-corrected chi connectivity index (χ2v) is 5.61. The zero-order valence-corrected chi connectivity index (χ0v) is 12.0. The van der Waals surface area contributed by atoms with Gasteiger partial charge in [-0.1, -0.05) is 18.6 Å². The van der Waals surface area contributed by atoms with Crippen LogP contribution in [0.15, 0.2) is 24.3 Å². The summed E-state index contributed by atoms with van der Waals surface area (Å²) in [4.78, 5) is 2.35. The van der Waals surface area contributed by atoms with Crippen molar-refractivity contribution >= 4 is 0 Å². The van der Waals surface area contributed by atoms with Gasteiger partial charge in [0.15, 0.2) is 0 Å². The minimum atomic E-state index is -0.397. The number of aliphatic hydroxyl groups excluding tert-OH is 1. The van der Waals surface area contributed by atoms with Gasteiger partial charge in [-0.05, 0) is 57.5 Å². The number of hydrogen-bond donors (Lipinski definition) is 1. The smallest absolute Gasteiger partial charge is 0.119 e. The lowest BCUT2D eigenvalue weighted by Crippen LogP contribution is -2.33. The second kappa shape index (κ2) is 6.92. The van der Waals surface area contributed by atoms with Crippen LogP contribution in [0.3, 0.4) is 0 Å². The first-order valence-electron chi connectivity index (χ1n) is 7.32. The van der Waals surface area contributed by atoms with Crippen LogP contribution in [-0.4, -0.2) is 35.7 Å². The second-order valence-electron chi connectivity index (χ2n) is 5.61. The molecule has 1 aromatic rings. The van der Waals surface area contributed by atoms with Crippen LogP contribution in [-0.2, 0) is 0 Å². The molecule has 0 saturated carbocycles. The molecule has 1 atom stereocenters. The fourth-order valence-corrected chi connectivity index (χ4v) is 2.53. The highest BCUT2D eigenvalue weighted by atomic mass is 16.5. The van der Waals surface area contributed by atoms with Crippen LogP contribution in [0.25, 0.3) is 0 Å². The number of rotatable bonds is 5. The summed E-state index contributed by atoms with van der Waals surface area (Å²) in [5.74, 6) is 0.865. The Hall–Kier alpha value is -1.06. The zero-order valence-electron chi connectivity index (χ0n) is 12.0. The predicted octanol–water partition coefficient (Wildman–Crippen LogP) is 2.99. The first-order valence-corrected chi connectivity index (χ1v) is 7.32. The summed E-state index contributed by atoms with van der Waals surface area (Å²) in [7, 11) is 0. The topological polar surface area (TPSA) is 32.7 Å². The zero-order chi connectivity index (χ0) is 13.7. The molecule has 0 aliphatic carbocycles. The third-order valence-corrected chi connectivity index (χ3v) is 3.52. The molecule has 2 rings (SSSR count). The minimum Gasteiger partial charge on any atom is -0.491 e. The Balaban J connectivity index is 1.89. The first-order chi connectivity index (χ1) is 9.15. The fourth-order valence-electron chi connectivity index (χ4n) is 2.53. The van der Waals surface area contributed by atoms with Crippen molar-refractivity contribution in [3.05, 3.63) is 29.8 Å². The van der Waals surface area contributed by atoms with Crippen LogP contribution in [0.2, 0.25) is 0 Å². The highest BCUT2D eigenvalue weighted by Crippen LogP contribution is 2.20. The highest BCUT2D eigenvalue weighted by molar-refractivity contribution is 5.28. The average Bonchev–Trinajstić information content (AvgIpc) is 2.40. The normalized spacial score (nSPS) is 18.5. The number of ether oxygens (including phenoxy) is 1. The van der Waals surface area contributed by atoms with Crippen molar-refractivity contribution in [2.24, 2.45) is 0 Å². The number of aliphatic hydroxyl groups is 1. The maximum absolute atomic E-state index is 10.3. The van der Waals surface area contributed by atoms with Gasteiger partial charge in [-0.2, -0.15) is 0 Å². The van der Waals surface area contributed by atoms with Gasteiger partial charge < -0.3 is 14.7 Å². The average molecular weight is 263 g/mol. The molecular formula is C16H25NO2. The largest absolute Gasteiger partial charge is 0.491 e. The van der Waals surface area contributed by atoms with Crippen LogP contribution in [0.4, 0.5) is 0 Å². The summed E-state index contributed by atoms with van der Waals surface area (Å²) in [6, 6.07) is 7.81. The van der Waals surface area contributed by atoms with Gasteiger partial charge >= 0.3 is 0 Å². The van der Waals surface area contributed by atoms with E-state index in [9.17, 15) is 5.11 Å². The van der Waals surface area contributed by atoms with Crippen LogP contribution in [0.1, 0.15) is 44.8 Å². The van der Waals surface area contributed by atoms with E-state index in [1.807, 2.05) is 38.1 Å². The van der Waals surface area contributed by atoms with Gasteiger partial charge in [-0.25, -0.2) is 0 Å². The lowest BCUT2D eigenvalue weighted by atomic mass is 10.1. The van der Waals surface area contributed by atoms with Crippen molar-refractivity contribution in [2.45, 2.75) is 45.3 Å². The van der Waals surface area contributed by atoms with E-state index in [0.29, 0.717) is 0 Å². The first kappa shape index (κ1) is 14.4. The van der Waals surface area contributed by atoms with E-state index in [2.05, 4.69) is 4.90 Å². The molecule has 3 nitrogen and oxygen atoms in total. The van der Waals surface area contributed by atoms with Gasteiger partial charge in [-0.3, -0.25) is 0 Å². The minimum absolute atomic E-state index is 0.184. The maximum Gasteiger partial charge on any atom is 0.119 e. The van der Waals surface area contributed by atoms with E-state index in [1.165, 1.54) is 19.3 Å². The summed E-state index contributed by atoms with van der Waals surface area (Å²) in [5, 5.41) is 10.3. The summed E-state index contributed by atoms with van der Waals surface area (Å²) in [5.41, 5.74) is 0.974. The van der Waals surface area contributed by atoms with Gasteiger partial charge in [0, 0.05) is 6.54 Å². The Bertz CT molecular complexity index is 369. The Morgan fingerprint density at radius 1 is 1.11 bits per heavy atom. The molecule has 0 radical (unpaired) electrons. The number of hydrogen-bond acceptors (Lipinski definition) is 3. The standard InChI is InChI=1S/C16H25NO2/c1-13(2)19-15-8-6-14(7-9-15)16(18)12-17-10-4-3-5-11-17/h6-9,13,16,18H,3-5,10-12H2,1-2H3.